The standard InChI is InChI=1S/C20H30NO3.BrH.H2O4S/c1-14(2)21(3)16-9-10-17(21)12-18(11-16)24-20(23)19(13-22)15-7-5-4-6-8-15;;1-5(2,3)4/h4-8,14,16-19,22H,9-13H2,1-3H3;1H;(H2,1,2,3,4)/q+1;;/t16-,17+,18?,19?,21?;;. The summed E-state index contributed by atoms with van der Waals surface area (Å²) in [6.07, 6.45) is 4.36. The minimum absolute atomic E-state index is 0. The molecule has 0 spiro atoms. The molecule has 3 rings (SSSR count). The van der Waals surface area contributed by atoms with Crippen LogP contribution in [-0.2, 0) is 19.9 Å². The van der Waals surface area contributed by atoms with Gasteiger partial charge in [-0.15, -0.1) is 17.0 Å². The maximum absolute atomic E-state index is 12.6. The molecule has 172 valence electrons. The van der Waals surface area contributed by atoms with E-state index < -0.39 is 16.3 Å². The highest BCUT2D eigenvalue weighted by atomic mass is 79.9. The van der Waals surface area contributed by atoms with E-state index in [1.807, 2.05) is 30.3 Å². The van der Waals surface area contributed by atoms with Crippen molar-refractivity contribution in [2.45, 2.75) is 69.7 Å². The molecule has 3 N–H and O–H groups in total. The third-order valence-corrected chi connectivity index (χ3v) is 6.54. The Bertz CT molecular complexity index is 766. The van der Waals surface area contributed by atoms with Gasteiger partial charge >= 0.3 is 16.4 Å². The molecule has 0 amide bonds. The number of quaternary nitrogens is 1. The van der Waals surface area contributed by atoms with Gasteiger partial charge in [0.25, 0.3) is 0 Å². The normalized spacial score (nSPS) is 28.7. The number of esters is 1. The number of ether oxygens (including phenoxy) is 1. The molecule has 1 aromatic carbocycles. The van der Waals surface area contributed by atoms with E-state index in [0.29, 0.717) is 18.1 Å². The van der Waals surface area contributed by atoms with Gasteiger partial charge < -0.3 is 14.3 Å². The molecule has 10 heteroatoms. The minimum atomic E-state index is -4.67. The van der Waals surface area contributed by atoms with Crippen LogP contribution in [0.4, 0.5) is 0 Å². The number of aliphatic hydroxyl groups excluding tert-OH is 1. The van der Waals surface area contributed by atoms with Crippen LogP contribution in [0.1, 0.15) is 51.0 Å². The van der Waals surface area contributed by atoms with Crippen LogP contribution in [0.25, 0.3) is 0 Å². The van der Waals surface area contributed by atoms with Gasteiger partial charge in [-0.05, 0) is 19.4 Å². The van der Waals surface area contributed by atoms with Crippen LogP contribution >= 0.6 is 17.0 Å². The lowest BCUT2D eigenvalue weighted by Crippen LogP contribution is -2.62. The second-order valence-electron chi connectivity index (χ2n) is 8.32. The molecule has 2 saturated heterocycles. The van der Waals surface area contributed by atoms with Crippen LogP contribution in [0, 0.1) is 0 Å². The van der Waals surface area contributed by atoms with Crippen LogP contribution in [0.5, 0.6) is 0 Å². The Hall–Kier alpha value is -1.04. The molecule has 8 nitrogen and oxygen atoms in total. The molecule has 2 heterocycles. The third kappa shape index (κ3) is 6.73. The van der Waals surface area contributed by atoms with Gasteiger partial charge in [0, 0.05) is 25.7 Å². The fourth-order valence-corrected chi connectivity index (χ4v) is 4.82. The largest absolute Gasteiger partial charge is 0.461 e. The molecular weight excluding hydrogens is 478 g/mol. The summed E-state index contributed by atoms with van der Waals surface area (Å²) in [7, 11) is -2.30. The minimum Gasteiger partial charge on any atom is -0.461 e. The second kappa shape index (κ2) is 11.0. The number of piperidine rings is 1. The van der Waals surface area contributed by atoms with E-state index in [-0.39, 0.29) is 35.7 Å². The lowest BCUT2D eigenvalue weighted by molar-refractivity contribution is -0.968. The summed E-state index contributed by atoms with van der Waals surface area (Å²) in [5.74, 6) is -0.856. The number of carbonyl (C=O) groups excluding carboxylic acids is 1. The van der Waals surface area contributed by atoms with Crippen molar-refractivity contribution in [2.75, 3.05) is 13.7 Å². The molecule has 0 aromatic heterocycles. The van der Waals surface area contributed by atoms with Crippen molar-refractivity contribution in [1.29, 1.82) is 0 Å². The van der Waals surface area contributed by atoms with Gasteiger partial charge in [0.15, 0.2) is 0 Å². The number of halogens is 1. The zero-order valence-electron chi connectivity index (χ0n) is 17.5. The van der Waals surface area contributed by atoms with Gasteiger partial charge in [-0.1, -0.05) is 30.3 Å². The van der Waals surface area contributed by atoms with E-state index in [2.05, 4.69) is 20.9 Å². The van der Waals surface area contributed by atoms with E-state index in [4.69, 9.17) is 22.3 Å². The molecular formula is C20H33BrNO7S+. The molecule has 30 heavy (non-hydrogen) atoms. The lowest BCUT2D eigenvalue weighted by atomic mass is 9.94. The Morgan fingerprint density at radius 2 is 1.60 bits per heavy atom. The fourth-order valence-electron chi connectivity index (χ4n) is 4.82. The maximum Gasteiger partial charge on any atom is 0.394 e. The van der Waals surface area contributed by atoms with Gasteiger partial charge in [-0.3, -0.25) is 13.9 Å². The fraction of sp³-hybridized carbons (Fsp3) is 0.650. The lowest BCUT2D eigenvalue weighted by Gasteiger charge is -2.49. The topological polar surface area (TPSA) is 121 Å². The van der Waals surface area contributed by atoms with Crippen molar-refractivity contribution in [2.24, 2.45) is 0 Å². The number of rotatable bonds is 5. The highest BCUT2D eigenvalue weighted by molar-refractivity contribution is 8.93. The first-order chi connectivity index (χ1) is 13.5. The van der Waals surface area contributed by atoms with Crippen molar-refractivity contribution < 1.29 is 36.6 Å². The number of hydrogen-bond acceptors (Lipinski definition) is 5. The zero-order valence-corrected chi connectivity index (χ0v) is 20.1. The van der Waals surface area contributed by atoms with Crippen LogP contribution in [0.2, 0.25) is 0 Å². The van der Waals surface area contributed by atoms with Gasteiger partial charge in [-0.2, -0.15) is 8.42 Å². The Morgan fingerprint density at radius 3 is 2.00 bits per heavy atom. The molecule has 0 saturated carbocycles. The smallest absolute Gasteiger partial charge is 0.394 e. The summed E-state index contributed by atoms with van der Waals surface area (Å²) in [5.41, 5.74) is 0.826. The molecule has 2 aliphatic heterocycles. The van der Waals surface area contributed by atoms with E-state index in [9.17, 15) is 9.90 Å². The van der Waals surface area contributed by atoms with E-state index in [1.54, 1.807) is 0 Å². The summed E-state index contributed by atoms with van der Waals surface area (Å²) < 4.78 is 38.5. The average Bonchev–Trinajstić information content (AvgIpc) is 2.79. The first kappa shape index (κ1) is 27.0. The maximum atomic E-state index is 12.6. The van der Waals surface area contributed by atoms with Gasteiger partial charge in [0.2, 0.25) is 0 Å². The summed E-state index contributed by atoms with van der Waals surface area (Å²) >= 11 is 0. The van der Waals surface area contributed by atoms with E-state index >= 15 is 0 Å². The molecule has 3 unspecified atom stereocenters. The summed E-state index contributed by atoms with van der Waals surface area (Å²) in [4.78, 5) is 12.6. The first-order valence-corrected chi connectivity index (χ1v) is 11.3. The number of hydrogen-bond donors (Lipinski definition) is 3. The number of fused-ring (bicyclic) bond motifs is 2. The molecule has 5 atom stereocenters. The number of carbonyl (C=O) groups is 1. The van der Waals surface area contributed by atoms with Crippen molar-refractivity contribution in [3.8, 4) is 0 Å². The van der Waals surface area contributed by atoms with Gasteiger partial charge in [0.1, 0.15) is 12.0 Å². The second-order valence-corrected chi connectivity index (χ2v) is 9.22. The van der Waals surface area contributed by atoms with Crippen LogP contribution < -0.4 is 0 Å². The number of nitrogens with zero attached hydrogens (tertiary/aromatic N) is 1. The molecule has 2 bridgehead atoms. The number of aliphatic hydroxyl groups is 1. The predicted octanol–water partition coefficient (Wildman–Crippen LogP) is 2.78. The van der Waals surface area contributed by atoms with Crippen molar-refractivity contribution in [3.63, 3.8) is 0 Å². The first-order valence-electron chi connectivity index (χ1n) is 9.88. The van der Waals surface area contributed by atoms with Crippen LogP contribution in [0.15, 0.2) is 30.3 Å². The Kier molecular flexibility index (Phi) is 9.91. The van der Waals surface area contributed by atoms with Crippen LogP contribution in [-0.4, -0.2) is 71.0 Å². The van der Waals surface area contributed by atoms with Crippen molar-refractivity contribution in [1.82, 2.24) is 0 Å². The SMILES string of the molecule is Br.CC(C)[N+]1(C)[C@@H]2CC[C@H]1CC(OC(=O)C(CO)c1ccccc1)C2.O=S(=O)(O)O. The van der Waals surface area contributed by atoms with Crippen molar-refractivity contribution >= 4 is 33.3 Å². The Morgan fingerprint density at radius 1 is 1.13 bits per heavy atom. The molecule has 2 fully saturated rings. The Balaban J connectivity index is 0.000000674. The summed E-state index contributed by atoms with van der Waals surface area (Å²) in [5, 5.41) is 9.65. The zero-order chi connectivity index (χ0) is 21.8. The van der Waals surface area contributed by atoms with Crippen LogP contribution in [0.3, 0.4) is 0 Å². The van der Waals surface area contributed by atoms with E-state index in [0.717, 1.165) is 22.9 Å². The highest BCUT2D eigenvalue weighted by Gasteiger charge is 2.53. The third-order valence-electron chi connectivity index (χ3n) is 6.54. The van der Waals surface area contributed by atoms with Gasteiger partial charge in [0.05, 0.1) is 31.8 Å². The van der Waals surface area contributed by atoms with E-state index in [1.165, 1.54) is 12.8 Å². The number of benzene rings is 1. The predicted molar refractivity (Wildman–Crippen MR) is 118 cm³/mol. The Labute approximate surface area is 189 Å². The van der Waals surface area contributed by atoms with Crippen molar-refractivity contribution in [3.05, 3.63) is 35.9 Å². The highest BCUT2D eigenvalue weighted by Crippen LogP contribution is 2.44. The quantitative estimate of drug-likeness (QED) is 0.316. The molecule has 1 aromatic rings. The molecule has 2 aliphatic rings. The molecule has 0 aliphatic carbocycles. The average molecular weight is 511 g/mol. The summed E-state index contributed by atoms with van der Waals surface area (Å²) in [6.45, 7) is 4.39. The monoisotopic (exact) mass is 510 g/mol. The summed E-state index contributed by atoms with van der Waals surface area (Å²) in [6, 6.07) is 11.2. The van der Waals surface area contributed by atoms with Gasteiger partial charge in [-0.25, -0.2) is 0 Å². The molecule has 0 radical (unpaired) electrons.